The Morgan fingerprint density at radius 1 is 1.04 bits per heavy atom. The number of ether oxygens (including phenoxy) is 1. The minimum Gasteiger partial charge on any atom is -0.497 e. The number of carbonyl (C=O) groups is 2. The molecule has 0 unspecified atom stereocenters. The van der Waals surface area contributed by atoms with Gasteiger partial charge in [-0.05, 0) is 31.2 Å². The van der Waals surface area contributed by atoms with Crippen molar-refractivity contribution in [3.05, 3.63) is 47.3 Å². The van der Waals surface area contributed by atoms with Gasteiger partial charge in [0.05, 0.1) is 12.8 Å². The standard InChI is InChI=1S/C17H19N3O4/c1-12-11-15(24-18-12)17(22)20-9-7-19(8-10-20)16(21)13-3-5-14(23-2)6-4-13/h3-6,11H,7-10H2,1-2H3. The number of carbonyl (C=O) groups excluding carboxylic acids is 2. The summed E-state index contributed by atoms with van der Waals surface area (Å²) in [4.78, 5) is 28.2. The second-order valence-corrected chi connectivity index (χ2v) is 5.65. The number of aromatic nitrogens is 1. The Labute approximate surface area is 139 Å². The van der Waals surface area contributed by atoms with E-state index in [2.05, 4.69) is 5.16 Å². The van der Waals surface area contributed by atoms with Crippen LogP contribution in [0.25, 0.3) is 0 Å². The summed E-state index contributed by atoms with van der Waals surface area (Å²) in [6.07, 6.45) is 0. The molecule has 24 heavy (non-hydrogen) atoms. The molecule has 7 nitrogen and oxygen atoms in total. The quantitative estimate of drug-likeness (QED) is 0.855. The van der Waals surface area contributed by atoms with Gasteiger partial charge in [0.1, 0.15) is 5.75 Å². The first-order chi connectivity index (χ1) is 11.6. The Morgan fingerprint density at radius 2 is 1.62 bits per heavy atom. The van der Waals surface area contributed by atoms with Crippen molar-refractivity contribution >= 4 is 11.8 Å². The van der Waals surface area contributed by atoms with Gasteiger partial charge in [-0.25, -0.2) is 0 Å². The normalized spacial score (nSPS) is 14.6. The van der Waals surface area contributed by atoms with E-state index in [0.717, 1.165) is 0 Å². The first kappa shape index (κ1) is 16.0. The predicted octanol–water partition coefficient (Wildman–Crippen LogP) is 1.59. The van der Waals surface area contributed by atoms with E-state index in [1.807, 2.05) is 0 Å². The highest BCUT2D eigenvalue weighted by Crippen LogP contribution is 2.15. The van der Waals surface area contributed by atoms with E-state index in [1.165, 1.54) is 0 Å². The lowest BCUT2D eigenvalue weighted by Crippen LogP contribution is -2.50. The smallest absolute Gasteiger partial charge is 0.292 e. The van der Waals surface area contributed by atoms with Crippen molar-refractivity contribution in [1.29, 1.82) is 0 Å². The number of nitrogens with zero attached hydrogens (tertiary/aromatic N) is 3. The van der Waals surface area contributed by atoms with Gasteiger partial charge in [0.15, 0.2) is 0 Å². The molecule has 1 fully saturated rings. The predicted molar refractivity (Wildman–Crippen MR) is 86.0 cm³/mol. The summed E-state index contributed by atoms with van der Waals surface area (Å²) in [5, 5.41) is 3.73. The molecular weight excluding hydrogens is 310 g/mol. The third-order valence-corrected chi connectivity index (χ3v) is 4.03. The summed E-state index contributed by atoms with van der Waals surface area (Å²) in [6, 6.07) is 8.64. The molecule has 7 heteroatoms. The SMILES string of the molecule is COc1ccc(C(=O)N2CCN(C(=O)c3cc(C)no3)CC2)cc1. The molecule has 3 rings (SSSR count). The van der Waals surface area contributed by atoms with Gasteiger partial charge in [0.25, 0.3) is 11.8 Å². The third-order valence-electron chi connectivity index (χ3n) is 4.03. The number of aryl methyl sites for hydroxylation is 1. The van der Waals surface area contributed by atoms with Crippen molar-refractivity contribution in [3.8, 4) is 5.75 Å². The number of amides is 2. The molecule has 1 aliphatic heterocycles. The van der Waals surface area contributed by atoms with Gasteiger partial charge in [0.2, 0.25) is 5.76 Å². The van der Waals surface area contributed by atoms with Crippen molar-refractivity contribution < 1.29 is 18.8 Å². The van der Waals surface area contributed by atoms with Crippen LogP contribution in [0.4, 0.5) is 0 Å². The van der Waals surface area contributed by atoms with Gasteiger partial charge >= 0.3 is 0 Å². The monoisotopic (exact) mass is 329 g/mol. The third kappa shape index (κ3) is 3.24. The van der Waals surface area contributed by atoms with Crippen molar-refractivity contribution in [1.82, 2.24) is 15.0 Å². The molecule has 2 amide bonds. The van der Waals surface area contributed by atoms with Crippen LogP contribution in [0.5, 0.6) is 5.75 Å². The van der Waals surface area contributed by atoms with Crippen LogP contribution >= 0.6 is 0 Å². The van der Waals surface area contributed by atoms with E-state index < -0.39 is 0 Å². The number of benzene rings is 1. The molecule has 2 heterocycles. The molecule has 0 N–H and O–H groups in total. The van der Waals surface area contributed by atoms with Crippen molar-refractivity contribution in [2.75, 3.05) is 33.3 Å². The number of rotatable bonds is 3. The van der Waals surface area contributed by atoms with Crippen LogP contribution in [0.2, 0.25) is 0 Å². The molecule has 0 radical (unpaired) electrons. The largest absolute Gasteiger partial charge is 0.497 e. The number of methoxy groups -OCH3 is 1. The molecule has 1 aromatic carbocycles. The molecule has 1 aliphatic rings. The maximum atomic E-state index is 12.5. The average molecular weight is 329 g/mol. The Bertz CT molecular complexity index is 731. The summed E-state index contributed by atoms with van der Waals surface area (Å²) in [5.41, 5.74) is 1.29. The Hall–Kier alpha value is -2.83. The second kappa shape index (κ2) is 6.74. The number of hydrogen-bond donors (Lipinski definition) is 0. The van der Waals surface area contributed by atoms with Gasteiger partial charge in [-0.15, -0.1) is 0 Å². The van der Waals surface area contributed by atoms with E-state index in [-0.39, 0.29) is 17.6 Å². The fraction of sp³-hybridized carbons (Fsp3) is 0.353. The fourth-order valence-electron chi connectivity index (χ4n) is 2.65. The summed E-state index contributed by atoms with van der Waals surface area (Å²) >= 11 is 0. The number of piperazine rings is 1. The highest BCUT2D eigenvalue weighted by molar-refractivity contribution is 5.95. The molecular formula is C17H19N3O4. The molecule has 1 aromatic heterocycles. The Kier molecular flexibility index (Phi) is 4.50. The zero-order valence-electron chi connectivity index (χ0n) is 13.7. The molecule has 0 atom stereocenters. The zero-order chi connectivity index (χ0) is 17.1. The average Bonchev–Trinajstić information content (AvgIpc) is 3.07. The summed E-state index contributed by atoms with van der Waals surface area (Å²) in [5.74, 6) is 0.721. The molecule has 0 spiro atoms. The fourth-order valence-corrected chi connectivity index (χ4v) is 2.65. The van der Waals surface area contributed by atoms with Gasteiger partial charge in [-0.1, -0.05) is 5.16 Å². The Balaban J connectivity index is 1.59. The molecule has 0 bridgehead atoms. The minimum atomic E-state index is -0.188. The first-order valence-electron chi connectivity index (χ1n) is 7.74. The van der Waals surface area contributed by atoms with E-state index in [1.54, 1.807) is 54.2 Å². The summed E-state index contributed by atoms with van der Waals surface area (Å²) in [6.45, 7) is 3.69. The van der Waals surface area contributed by atoms with Crippen molar-refractivity contribution in [2.45, 2.75) is 6.92 Å². The van der Waals surface area contributed by atoms with Crippen LogP contribution in [0, 0.1) is 6.92 Å². The molecule has 0 aliphatic carbocycles. The van der Waals surface area contributed by atoms with Gasteiger partial charge in [-0.2, -0.15) is 0 Å². The second-order valence-electron chi connectivity index (χ2n) is 5.65. The van der Waals surface area contributed by atoms with E-state index in [0.29, 0.717) is 43.2 Å². The molecule has 1 saturated heterocycles. The zero-order valence-corrected chi connectivity index (χ0v) is 13.7. The minimum absolute atomic E-state index is 0.0414. The highest BCUT2D eigenvalue weighted by Gasteiger charge is 2.27. The topological polar surface area (TPSA) is 75.9 Å². The van der Waals surface area contributed by atoms with Crippen LogP contribution in [-0.2, 0) is 0 Å². The summed E-state index contributed by atoms with van der Waals surface area (Å²) in [7, 11) is 1.59. The van der Waals surface area contributed by atoms with Crippen LogP contribution in [0.1, 0.15) is 26.6 Å². The lowest BCUT2D eigenvalue weighted by Gasteiger charge is -2.34. The van der Waals surface area contributed by atoms with E-state index in [9.17, 15) is 9.59 Å². The molecule has 2 aromatic rings. The van der Waals surface area contributed by atoms with Gasteiger partial charge < -0.3 is 19.1 Å². The van der Waals surface area contributed by atoms with Crippen LogP contribution < -0.4 is 4.74 Å². The molecule has 126 valence electrons. The van der Waals surface area contributed by atoms with Crippen molar-refractivity contribution in [3.63, 3.8) is 0 Å². The number of hydrogen-bond acceptors (Lipinski definition) is 5. The lowest BCUT2D eigenvalue weighted by molar-refractivity contribution is 0.0512. The van der Waals surface area contributed by atoms with Crippen LogP contribution in [-0.4, -0.2) is 60.1 Å². The van der Waals surface area contributed by atoms with Gasteiger partial charge in [0, 0.05) is 37.8 Å². The first-order valence-corrected chi connectivity index (χ1v) is 7.74. The summed E-state index contributed by atoms with van der Waals surface area (Å²) < 4.78 is 10.1. The van der Waals surface area contributed by atoms with Crippen molar-refractivity contribution in [2.24, 2.45) is 0 Å². The molecule has 0 saturated carbocycles. The lowest BCUT2D eigenvalue weighted by atomic mass is 10.1. The van der Waals surface area contributed by atoms with Crippen LogP contribution in [0.15, 0.2) is 34.9 Å². The highest BCUT2D eigenvalue weighted by atomic mass is 16.5. The van der Waals surface area contributed by atoms with Gasteiger partial charge in [-0.3, -0.25) is 9.59 Å². The van der Waals surface area contributed by atoms with Crippen LogP contribution in [0.3, 0.4) is 0 Å². The Morgan fingerprint density at radius 3 is 2.12 bits per heavy atom. The maximum absolute atomic E-state index is 12.5. The maximum Gasteiger partial charge on any atom is 0.292 e. The van der Waals surface area contributed by atoms with E-state index >= 15 is 0 Å². The van der Waals surface area contributed by atoms with E-state index in [4.69, 9.17) is 9.26 Å².